The number of anilines is 3. The minimum atomic E-state index is -0.261. The van der Waals surface area contributed by atoms with Crippen LogP contribution >= 0.6 is 24.0 Å². The highest BCUT2D eigenvalue weighted by Crippen LogP contribution is 2.28. The van der Waals surface area contributed by atoms with E-state index in [2.05, 4.69) is 16.0 Å². The summed E-state index contributed by atoms with van der Waals surface area (Å²) in [5.74, 6) is 0.684. The molecule has 0 aliphatic carbocycles. The maximum atomic E-state index is 12.8. The van der Waals surface area contributed by atoms with Crippen LogP contribution in [0.1, 0.15) is 18.1 Å². The van der Waals surface area contributed by atoms with Gasteiger partial charge < -0.3 is 20.7 Å². The number of thiocarbonyl (C=S) groups is 1. The molecule has 3 aromatic rings. The molecule has 7 heteroatoms. The van der Waals surface area contributed by atoms with Crippen molar-refractivity contribution >= 4 is 52.1 Å². The Labute approximate surface area is 199 Å². The van der Waals surface area contributed by atoms with E-state index in [4.69, 9.17) is 17.0 Å². The van der Waals surface area contributed by atoms with Gasteiger partial charge in [-0.3, -0.25) is 4.79 Å². The molecule has 0 heterocycles. The molecule has 3 N–H and O–H groups in total. The van der Waals surface area contributed by atoms with E-state index in [1.54, 1.807) is 7.11 Å². The van der Waals surface area contributed by atoms with E-state index in [1.807, 2.05) is 87.5 Å². The van der Waals surface area contributed by atoms with E-state index in [0.717, 1.165) is 33.1 Å². The zero-order valence-corrected chi connectivity index (χ0v) is 20.2. The third kappa shape index (κ3) is 6.24. The van der Waals surface area contributed by atoms with Crippen molar-refractivity contribution in [3.63, 3.8) is 0 Å². The lowest BCUT2D eigenvalue weighted by atomic mass is 10.1. The molecule has 0 bridgehead atoms. The fourth-order valence-electron chi connectivity index (χ4n) is 3.17. The number of benzene rings is 3. The third-order valence-electron chi connectivity index (χ3n) is 4.86. The molecule has 166 valence electrons. The molecule has 0 saturated carbocycles. The molecule has 0 spiro atoms. The zero-order chi connectivity index (χ0) is 23.1. The van der Waals surface area contributed by atoms with Crippen molar-refractivity contribution in [2.45, 2.75) is 30.9 Å². The molecule has 0 fully saturated rings. The Kier molecular flexibility index (Phi) is 8.14. The fraction of sp³-hybridized carbons (Fsp3) is 0.200. The van der Waals surface area contributed by atoms with Crippen LogP contribution < -0.4 is 20.7 Å². The van der Waals surface area contributed by atoms with Gasteiger partial charge in [0.25, 0.3) is 0 Å². The lowest BCUT2D eigenvalue weighted by Crippen LogP contribution is -2.23. The van der Waals surface area contributed by atoms with Gasteiger partial charge in [-0.25, -0.2) is 0 Å². The number of thioether (sulfide) groups is 1. The van der Waals surface area contributed by atoms with Crippen LogP contribution in [0, 0.1) is 13.8 Å². The Morgan fingerprint density at radius 1 is 0.938 bits per heavy atom. The number of ether oxygens (including phenoxy) is 1. The number of aryl methyl sites for hydroxylation is 2. The summed E-state index contributed by atoms with van der Waals surface area (Å²) in [6.07, 6.45) is 0. The molecule has 0 radical (unpaired) electrons. The quantitative estimate of drug-likeness (QED) is 0.284. The molecule has 5 nitrogen and oxygen atoms in total. The largest absolute Gasteiger partial charge is 0.495 e. The Morgan fingerprint density at radius 3 is 2.34 bits per heavy atom. The number of carbonyl (C=O) groups excluding carboxylic acids is 1. The normalized spacial score (nSPS) is 11.4. The highest BCUT2D eigenvalue weighted by atomic mass is 32.2. The number of nitrogens with one attached hydrogen (secondary N) is 3. The van der Waals surface area contributed by atoms with Crippen molar-refractivity contribution in [2.24, 2.45) is 0 Å². The van der Waals surface area contributed by atoms with Gasteiger partial charge in [-0.15, -0.1) is 11.8 Å². The Morgan fingerprint density at radius 2 is 1.62 bits per heavy atom. The minimum Gasteiger partial charge on any atom is -0.495 e. The van der Waals surface area contributed by atoms with Gasteiger partial charge in [-0.1, -0.05) is 36.4 Å². The Balaban J connectivity index is 1.61. The summed E-state index contributed by atoms with van der Waals surface area (Å²) < 4.78 is 5.35. The van der Waals surface area contributed by atoms with E-state index in [9.17, 15) is 4.79 Å². The molecule has 3 rings (SSSR count). The average Bonchev–Trinajstić information content (AvgIpc) is 2.76. The molecule has 1 unspecified atom stereocenters. The second kappa shape index (κ2) is 11.0. The molecule has 1 atom stereocenters. The van der Waals surface area contributed by atoms with Crippen molar-refractivity contribution in [1.29, 1.82) is 0 Å². The van der Waals surface area contributed by atoms with Gasteiger partial charge in [0.2, 0.25) is 5.91 Å². The second-order valence-corrected chi connectivity index (χ2v) is 9.15. The highest BCUT2D eigenvalue weighted by Gasteiger charge is 2.16. The lowest BCUT2D eigenvalue weighted by Gasteiger charge is -2.16. The standard InChI is InChI=1S/C25H27N3O2S2/c1-16-9-7-10-17(2)23(16)28-24(29)18(3)32-20-12-8-11-19(15-20)26-25(31)27-21-13-5-6-14-22(21)30-4/h5-15,18H,1-4H3,(H,28,29)(H2,26,27,31). The number of methoxy groups -OCH3 is 1. The molecule has 0 aliphatic heterocycles. The van der Waals surface area contributed by atoms with E-state index in [0.29, 0.717) is 10.9 Å². The van der Waals surface area contributed by atoms with Gasteiger partial charge in [0, 0.05) is 16.3 Å². The van der Waals surface area contributed by atoms with Crippen LogP contribution in [0.25, 0.3) is 0 Å². The van der Waals surface area contributed by atoms with Gasteiger partial charge in [-0.2, -0.15) is 0 Å². The highest BCUT2D eigenvalue weighted by molar-refractivity contribution is 8.00. The summed E-state index contributed by atoms with van der Waals surface area (Å²) in [7, 11) is 1.62. The smallest absolute Gasteiger partial charge is 0.237 e. The summed E-state index contributed by atoms with van der Waals surface area (Å²) in [5, 5.41) is 9.60. The van der Waals surface area contributed by atoms with Crippen molar-refractivity contribution in [3.8, 4) is 5.75 Å². The van der Waals surface area contributed by atoms with Crippen molar-refractivity contribution < 1.29 is 9.53 Å². The van der Waals surface area contributed by atoms with Gasteiger partial charge in [-0.05, 0) is 74.4 Å². The number of amides is 1. The third-order valence-corrected chi connectivity index (χ3v) is 6.16. The minimum absolute atomic E-state index is 0.0286. The molecule has 0 aromatic heterocycles. The lowest BCUT2D eigenvalue weighted by molar-refractivity contribution is -0.115. The second-order valence-electron chi connectivity index (χ2n) is 7.32. The van der Waals surface area contributed by atoms with Crippen LogP contribution in [0.2, 0.25) is 0 Å². The van der Waals surface area contributed by atoms with Crippen LogP contribution in [-0.2, 0) is 4.79 Å². The van der Waals surface area contributed by atoms with Gasteiger partial charge in [0.1, 0.15) is 5.75 Å². The topological polar surface area (TPSA) is 62.4 Å². The summed E-state index contributed by atoms with van der Waals surface area (Å²) in [6.45, 7) is 5.90. The van der Waals surface area contributed by atoms with Gasteiger partial charge in [0.15, 0.2) is 5.11 Å². The van der Waals surface area contributed by atoms with Crippen LogP contribution in [0.15, 0.2) is 71.6 Å². The molecule has 1 amide bonds. The number of hydrogen-bond acceptors (Lipinski definition) is 4. The average molecular weight is 466 g/mol. The number of hydrogen-bond donors (Lipinski definition) is 3. The summed E-state index contributed by atoms with van der Waals surface area (Å²) >= 11 is 6.94. The van der Waals surface area contributed by atoms with Crippen molar-refractivity contribution in [2.75, 3.05) is 23.1 Å². The maximum Gasteiger partial charge on any atom is 0.237 e. The summed E-state index contributed by atoms with van der Waals surface area (Å²) in [4.78, 5) is 13.7. The first-order chi connectivity index (χ1) is 15.4. The van der Waals surface area contributed by atoms with Crippen molar-refractivity contribution in [3.05, 3.63) is 77.9 Å². The number of carbonyl (C=O) groups is 1. The number of rotatable bonds is 7. The molecule has 0 aliphatic rings. The van der Waals surface area contributed by atoms with Crippen LogP contribution in [-0.4, -0.2) is 23.4 Å². The predicted molar refractivity (Wildman–Crippen MR) is 139 cm³/mol. The molecule has 0 saturated heterocycles. The number of para-hydroxylation sites is 3. The molecule has 3 aromatic carbocycles. The first-order valence-corrected chi connectivity index (χ1v) is 11.5. The molecular formula is C25H27N3O2S2. The van der Waals surface area contributed by atoms with Crippen LogP contribution in [0.3, 0.4) is 0 Å². The van der Waals surface area contributed by atoms with E-state index < -0.39 is 0 Å². The zero-order valence-electron chi connectivity index (χ0n) is 18.6. The molecule has 32 heavy (non-hydrogen) atoms. The van der Waals surface area contributed by atoms with Crippen LogP contribution in [0.4, 0.5) is 17.1 Å². The van der Waals surface area contributed by atoms with E-state index in [-0.39, 0.29) is 11.2 Å². The van der Waals surface area contributed by atoms with E-state index in [1.165, 1.54) is 11.8 Å². The summed E-state index contributed by atoms with van der Waals surface area (Å²) in [6, 6.07) is 21.4. The molecular weight excluding hydrogens is 438 g/mol. The first-order valence-electron chi connectivity index (χ1n) is 10.2. The summed E-state index contributed by atoms with van der Waals surface area (Å²) in [5.41, 5.74) is 4.61. The Hall–Kier alpha value is -3.03. The monoisotopic (exact) mass is 465 g/mol. The maximum absolute atomic E-state index is 12.8. The van der Waals surface area contributed by atoms with Crippen LogP contribution in [0.5, 0.6) is 5.75 Å². The predicted octanol–water partition coefficient (Wildman–Crippen LogP) is 6.24. The van der Waals surface area contributed by atoms with Crippen molar-refractivity contribution in [1.82, 2.24) is 0 Å². The fourth-order valence-corrected chi connectivity index (χ4v) is 4.33. The first kappa shape index (κ1) is 23.6. The van der Waals surface area contributed by atoms with Gasteiger partial charge >= 0.3 is 0 Å². The SMILES string of the molecule is COc1ccccc1NC(=S)Nc1cccc(SC(C)C(=O)Nc2c(C)cccc2C)c1. The van der Waals surface area contributed by atoms with E-state index >= 15 is 0 Å². The van der Waals surface area contributed by atoms with Gasteiger partial charge in [0.05, 0.1) is 18.0 Å². The Bertz CT molecular complexity index is 1100.